The molecule has 1 saturated carbocycles. The minimum Gasteiger partial charge on any atom is -0.481 e. The molecule has 1 amide bonds. The van der Waals surface area contributed by atoms with Crippen LogP contribution in [0.3, 0.4) is 0 Å². The van der Waals surface area contributed by atoms with Gasteiger partial charge in [0.25, 0.3) is 5.91 Å². The van der Waals surface area contributed by atoms with Gasteiger partial charge in [-0.15, -0.1) is 0 Å². The number of para-hydroxylation sites is 1. The Hall–Kier alpha value is -1.55. The fourth-order valence-electron chi connectivity index (χ4n) is 1.72. The van der Waals surface area contributed by atoms with Crippen LogP contribution in [0.5, 0.6) is 5.75 Å². The third-order valence-electron chi connectivity index (χ3n) is 2.97. The Balaban J connectivity index is 2.01. The van der Waals surface area contributed by atoms with Gasteiger partial charge in [0.15, 0.2) is 6.10 Å². The lowest BCUT2D eigenvalue weighted by Crippen LogP contribution is -2.37. The molecule has 1 aliphatic rings. The Kier molecular flexibility index (Phi) is 3.87. The van der Waals surface area contributed by atoms with Crippen LogP contribution in [0, 0.1) is 0 Å². The van der Waals surface area contributed by atoms with Crippen LogP contribution in [0.1, 0.15) is 38.4 Å². The van der Waals surface area contributed by atoms with Crippen molar-refractivity contribution in [3.8, 4) is 5.75 Å². The van der Waals surface area contributed by atoms with Gasteiger partial charge in [-0.25, -0.2) is 0 Å². The molecule has 98 valence electrons. The van der Waals surface area contributed by atoms with E-state index in [0.717, 1.165) is 12.8 Å². The second kappa shape index (κ2) is 5.40. The number of ether oxygens (including phenoxy) is 1. The fourth-order valence-corrected chi connectivity index (χ4v) is 1.72. The second-order valence-electron chi connectivity index (χ2n) is 4.76. The van der Waals surface area contributed by atoms with Gasteiger partial charge in [-0.2, -0.15) is 0 Å². The monoisotopic (exact) mass is 249 g/mol. The molecule has 2 atom stereocenters. The first-order valence-corrected chi connectivity index (χ1v) is 6.32. The van der Waals surface area contributed by atoms with Crippen LogP contribution in [0.4, 0.5) is 0 Å². The Morgan fingerprint density at radius 3 is 2.67 bits per heavy atom. The lowest BCUT2D eigenvalue weighted by atomic mass is 10.1. The van der Waals surface area contributed by atoms with Gasteiger partial charge in [-0.3, -0.25) is 4.79 Å². The minimum absolute atomic E-state index is 0.0992. The van der Waals surface area contributed by atoms with Crippen LogP contribution >= 0.6 is 0 Å². The summed E-state index contributed by atoms with van der Waals surface area (Å²) in [5.74, 6) is 0.462. The van der Waals surface area contributed by atoms with Crippen LogP contribution in [0.2, 0.25) is 0 Å². The van der Waals surface area contributed by atoms with Crippen molar-refractivity contribution in [2.24, 2.45) is 0 Å². The predicted molar refractivity (Wildman–Crippen MR) is 68.3 cm³/mol. The number of rotatable bonds is 5. The van der Waals surface area contributed by atoms with Crippen molar-refractivity contribution in [3.63, 3.8) is 0 Å². The molecule has 1 aromatic rings. The van der Waals surface area contributed by atoms with Gasteiger partial charge in [-0.1, -0.05) is 18.2 Å². The Labute approximate surface area is 107 Å². The maximum atomic E-state index is 11.8. The first-order valence-electron chi connectivity index (χ1n) is 6.32. The molecular weight excluding hydrogens is 230 g/mol. The van der Waals surface area contributed by atoms with Crippen molar-refractivity contribution in [2.45, 2.75) is 44.9 Å². The molecule has 0 saturated heterocycles. The van der Waals surface area contributed by atoms with E-state index >= 15 is 0 Å². The number of carbonyl (C=O) groups excluding carboxylic acids is 1. The number of aliphatic hydroxyl groups is 1. The maximum absolute atomic E-state index is 11.8. The van der Waals surface area contributed by atoms with Gasteiger partial charge < -0.3 is 15.2 Å². The summed E-state index contributed by atoms with van der Waals surface area (Å²) in [5.41, 5.74) is 0.698. The average molecular weight is 249 g/mol. The number of aliphatic hydroxyl groups excluding tert-OH is 1. The third kappa shape index (κ3) is 3.23. The van der Waals surface area contributed by atoms with E-state index in [1.54, 1.807) is 26.0 Å². The smallest absolute Gasteiger partial charge is 0.260 e. The summed E-state index contributed by atoms with van der Waals surface area (Å²) in [6.07, 6.45) is 0.955. The van der Waals surface area contributed by atoms with E-state index in [2.05, 4.69) is 5.32 Å². The van der Waals surface area contributed by atoms with E-state index in [-0.39, 0.29) is 5.91 Å². The van der Waals surface area contributed by atoms with E-state index in [1.807, 2.05) is 12.1 Å². The zero-order valence-electron chi connectivity index (χ0n) is 10.7. The van der Waals surface area contributed by atoms with E-state index in [1.165, 1.54) is 0 Å². The molecule has 0 aromatic heterocycles. The maximum Gasteiger partial charge on any atom is 0.260 e. The number of benzene rings is 1. The summed E-state index contributed by atoms with van der Waals surface area (Å²) < 4.78 is 5.63. The number of hydrogen-bond acceptors (Lipinski definition) is 3. The Morgan fingerprint density at radius 1 is 1.39 bits per heavy atom. The number of amides is 1. The SMILES string of the molecule is CC(Oc1ccccc1[C@H](C)O)C(=O)NC1CC1. The highest BCUT2D eigenvalue weighted by Gasteiger charge is 2.26. The molecular formula is C14H19NO3. The molecule has 0 aliphatic heterocycles. The van der Waals surface area contributed by atoms with E-state index < -0.39 is 12.2 Å². The molecule has 18 heavy (non-hydrogen) atoms. The van der Waals surface area contributed by atoms with Crippen molar-refractivity contribution in [3.05, 3.63) is 29.8 Å². The molecule has 2 N–H and O–H groups in total. The van der Waals surface area contributed by atoms with Crippen LogP contribution in [-0.2, 0) is 4.79 Å². The molecule has 4 nitrogen and oxygen atoms in total. The summed E-state index contributed by atoms with van der Waals surface area (Å²) in [4.78, 5) is 11.8. The Morgan fingerprint density at radius 2 is 2.06 bits per heavy atom. The molecule has 0 radical (unpaired) electrons. The zero-order valence-corrected chi connectivity index (χ0v) is 10.7. The largest absolute Gasteiger partial charge is 0.481 e. The van der Waals surface area contributed by atoms with Crippen LogP contribution in [0.25, 0.3) is 0 Å². The number of carbonyl (C=O) groups is 1. The van der Waals surface area contributed by atoms with Crippen molar-refractivity contribution in [2.75, 3.05) is 0 Å². The molecule has 1 fully saturated rings. The summed E-state index contributed by atoms with van der Waals surface area (Å²) >= 11 is 0. The molecule has 2 rings (SSSR count). The highest BCUT2D eigenvalue weighted by atomic mass is 16.5. The van der Waals surface area contributed by atoms with E-state index in [0.29, 0.717) is 17.4 Å². The molecule has 0 bridgehead atoms. The summed E-state index contributed by atoms with van der Waals surface area (Å²) in [7, 11) is 0. The highest BCUT2D eigenvalue weighted by Crippen LogP contribution is 2.25. The third-order valence-corrected chi connectivity index (χ3v) is 2.97. The van der Waals surface area contributed by atoms with E-state index in [9.17, 15) is 9.90 Å². The van der Waals surface area contributed by atoms with Crippen molar-refractivity contribution in [1.82, 2.24) is 5.32 Å². The van der Waals surface area contributed by atoms with Gasteiger partial charge in [0.2, 0.25) is 0 Å². The fraction of sp³-hybridized carbons (Fsp3) is 0.500. The summed E-state index contributed by atoms with van der Waals surface area (Å²) in [6.45, 7) is 3.40. The summed E-state index contributed by atoms with van der Waals surface area (Å²) in [5, 5.41) is 12.5. The van der Waals surface area contributed by atoms with Crippen LogP contribution < -0.4 is 10.1 Å². The lowest BCUT2D eigenvalue weighted by molar-refractivity contribution is -0.127. The highest BCUT2D eigenvalue weighted by molar-refractivity contribution is 5.81. The predicted octanol–water partition coefficient (Wildman–Crippen LogP) is 1.79. The van der Waals surface area contributed by atoms with Gasteiger partial charge in [0.05, 0.1) is 6.10 Å². The Bertz CT molecular complexity index is 427. The van der Waals surface area contributed by atoms with Gasteiger partial charge in [-0.05, 0) is 32.8 Å². The van der Waals surface area contributed by atoms with Gasteiger partial charge >= 0.3 is 0 Å². The minimum atomic E-state index is -0.611. The second-order valence-corrected chi connectivity index (χ2v) is 4.76. The average Bonchev–Trinajstić information content (AvgIpc) is 3.13. The van der Waals surface area contributed by atoms with Gasteiger partial charge in [0.1, 0.15) is 5.75 Å². The molecule has 0 spiro atoms. The lowest BCUT2D eigenvalue weighted by Gasteiger charge is -2.18. The molecule has 4 heteroatoms. The first-order chi connectivity index (χ1) is 8.58. The van der Waals surface area contributed by atoms with Crippen molar-refractivity contribution >= 4 is 5.91 Å². The van der Waals surface area contributed by atoms with E-state index in [4.69, 9.17) is 4.74 Å². The van der Waals surface area contributed by atoms with Gasteiger partial charge in [0, 0.05) is 11.6 Å². The molecule has 0 heterocycles. The molecule has 1 unspecified atom stereocenters. The van der Waals surface area contributed by atoms with Crippen molar-refractivity contribution in [1.29, 1.82) is 0 Å². The summed E-state index contributed by atoms with van der Waals surface area (Å²) in [6, 6.07) is 7.56. The quantitative estimate of drug-likeness (QED) is 0.836. The molecule has 1 aromatic carbocycles. The van der Waals surface area contributed by atoms with Crippen LogP contribution in [0.15, 0.2) is 24.3 Å². The number of nitrogens with one attached hydrogen (secondary N) is 1. The zero-order chi connectivity index (χ0) is 13.1. The molecule has 1 aliphatic carbocycles. The normalized spacial score (nSPS) is 17.9. The number of hydrogen-bond donors (Lipinski definition) is 2. The first kappa shape index (κ1) is 12.9. The topological polar surface area (TPSA) is 58.6 Å². The van der Waals surface area contributed by atoms with Crippen LogP contribution in [-0.4, -0.2) is 23.2 Å². The van der Waals surface area contributed by atoms with Crippen molar-refractivity contribution < 1.29 is 14.6 Å². The standard InChI is InChI=1S/C14H19NO3/c1-9(16)12-5-3-4-6-13(12)18-10(2)14(17)15-11-7-8-11/h3-6,9-11,16H,7-8H2,1-2H3,(H,15,17)/t9-,10?/m0/s1.